The quantitative estimate of drug-likeness (QED) is 0.391. The molecule has 1 aliphatic rings. The van der Waals surface area contributed by atoms with Gasteiger partial charge in [0.2, 0.25) is 0 Å². The molecule has 1 amide bonds. The van der Waals surface area contributed by atoms with E-state index in [-0.39, 0.29) is 17.8 Å². The number of ether oxygens (including phenoxy) is 1. The van der Waals surface area contributed by atoms with Crippen molar-refractivity contribution < 1.29 is 27.1 Å². The van der Waals surface area contributed by atoms with Crippen molar-refractivity contribution in [3.05, 3.63) is 95.3 Å². The number of amides is 1. The third-order valence-corrected chi connectivity index (χ3v) is 6.27. The lowest BCUT2D eigenvalue weighted by molar-refractivity contribution is -0.137. The number of hydrogen-bond acceptors (Lipinski definition) is 3. The van der Waals surface area contributed by atoms with Crippen LogP contribution in [0.4, 0.5) is 23.2 Å². The van der Waals surface area contributed by atoms with Gasteiger partial charge in [-0.15, -0.1) is 0 Å². The summed E-state index contributed by atoms with van der Waals surface area (Å²) in [6, 6.07) is 17.9. The number of hydrogen-bond donors (Lipinski definition) is 0. The predicted molar refractivity (Wildman–Crippen MR) is 126 cm³/mol. The van der Waals surface area contributed by atoms with Gasteiger partial charge in [0.05, 0.1) is 18.2 Å². The normalized spacial score (nSPS) is 15.1. The van der Waals surface area contributed by atoms with Crippen molar-refractivity contribution in [3.63, 3.8) is 0 Å². The van der Waals surface area contributed by atoms with E-state index in [0.717, 1.165) is 17.7 Å². The molecule has 1 fully saturated rings. The van der Waals surface area contributed by atoms with Crippen LogP contribution in [0.1, 0.15) is 34.3 Å². The molecule has 1 saturated heterocycles. The summed E-state index contributed by atoms with van der Waals surface area (Å²) < 4.78 is 57.4. The highest BCUT2D eigenvalue weighted by atomic mass is 19.4. The van der Waals surface area contributed by atoms with Gasteiger partial charge in [-0.2, -0.15) is 13.2 Å². The molecule has 35 heavy (non-hydrogen) atoms. The van der Waals surface area contributed by atoms with E-state index in [9.17, 15) is 22.4 Å². The molecule has 0 bridgehead atoms. The first-order valence-electron chi connectivity index (χ1n) is 11.4. The smallest absolute Gasteiger partial charge is 0.416 e. The molecule has 0 radical (unpaired) electrons. The Kier molecular flexibility index (Phi) is 7.40. The number of nitrogens with zero attached hydrogens (tertiary/aromatic N) is 2. The molecule has 8 heteroatoms. The molecule has 3 aromatic carbocycles. The molecule has 0 unspecified atom stereocenters. The van der Waals surface area contributed by atoms with Crippen LogP contribution in [0, 0.1) is 5.82 Å². The lowest BCUT2D eigenvalue weighted by atomic mass is 9.99. The Balaban J connectivity index is 1.49. The number of para-hydroxylation sites is 1. The second-order valence-corrected chi connectivity index (χ2v) is 8.55. The minimum Gasteiger partial charge on any atom is -0.496 e. The summed E-state index contributed by atoms with van der Waals surface area (Å²) in [5.41, 5.74) is 1.16. The van der Waals surface area contributed by atoms with E-state index < -0.39 is 11.7 Å². The van der Waals surface area contributed by atoms with E-state index in [0.29, 0.717) is 49.5 Å². The van der Waals surface area contributed by atoms with E-state index in [1.807, 2.05) is 0 Å². The third kappa shape index (κ3) is 5.82. The largest absolute Gasteiger partial charge is 0.496 e. The van der Waals surface area contributed by atoms with Crippen molar-refractivity contribution in [2.24, 2.45) is 0 Å². The number of carbonyl (C=O) groups is 1. The van der Waals surface area contributed by atoms with Gasteiger partial charge in [0.1, 0.15) is 11.6 Å². The molecule has 4 rings (SSSR count). The van der Waals surface area contributed by atoms with Crippen LogP contribution in [-0.2, 0) is 12.7 Å². The van der Waals surface area contributed by atoms with E-state index in [1.54, 1.807) is 41.3 Å². The van der Waals surface area contributed by atoms with Gasteiger partial charge in [-0.05, 0) is 66.9 Å². The summed E-state index contributed by atoms with van der Waals surface area (Å²) in [6.45, 7) is 1.87. The number of alkyl halides is 3. The fraction of sp³-hybridized carbons (Fsp3) is 0.296. The maximum atomic E-state index is 13.6. The van der Waals surface area contributed by atoms with Gasteiger partial charge in [0, 0.05) is 31.4 Å². The molecule has 4 nitrogen and oxygen atoms in total. The molecule has 1 aliphatic heterocycles. The van der Waals surface area contributed by atoms with Crippen LogP contribution in [0.3, 0.4) is 0 Å². The first kappa shape index (κ1) is 24.7. The SMILES string of the molecule is COc1ccccc1C(=O)N(c1ccc(F)cc1)C1CCN(Cc2ccc(C(F)(F)F)cc2)CC1. The Morgan fingerprint density at radius 2 is 1.60 bits per heavy atom. The third-order valence-electron chi connectivity index (χ3n) is 6.27. The average Bonchev–Trinajstić information content (AvgIpc) is 2.86. The highest BCUT2D eigenvalue weighted by molar-refractivity contribution is 6.08. The molecule has 3 aromatic rings. The second kappa shape index (κ2) is 10.5. The molecule has 184 valence electrons. The molecule has 0 saturated carbocycles. The molecular weight excluding hydrogens is 460 g/mol. The number of halogens is 4. The Morgan fingerprint density at radius 1 is 0.971 bits per heavy atom. The zero-order chi connectivity index (χ0) is 25.0. The number of benzene rings is 3. The zero-order valence-corrected chi connectivity index (χ0v) is 19.3. The predicted octanol–water partition coefficient (Wildman–Crippen LogP) is 6.16. The summed E-state index contributed by atoms with van der Waals surface area (Å²) in [6.07, 6.45) is -3.02. The molecule has 1 heterocycles. The van der Waals surface area contributed by atoms with Crippen molar-refractivity contribution in [1.29, 1.82) is 0 Å². The summed E-state index contributed by atoms with van der Waals surface area (Å²) in [4.78, 5) is 17.5. The van der Waals surface area contributed by atoms with Crippen LogP contribution in [0.2, 0.25) is 0 Å². The fourth-order valence-corrected chi connectivity index (χ4v) is 4.44. The number of carbonyl (C=O) groups excluding carboxylic acids is 1. The standard InChI is InChI=1S/C27H26F4N2O2/c1-35-25-5-3-2-4-24(25)26(34)33(22-12-10-21(28)11-13-22)23-14-16-32(17-15-23)18-19-6-8-20(9-7-19)27(29,30)31/h2-13,23H,14-18H2,1H3. The van der Waals surface area contributed by atoms with Crippen molar-refractivity contribution in [2.45, 2.75) is 31.6 Å². The van der Waals surface area contributed by atoms with E-state index >= 15 is 0 Å². The first-order chi connectivity index (χ1) is 16.8. The van der Waals surface area contributed by atoms with Crippen LogP contribution in [0.5, 0.6) is 5.75 Å². The van der Waals surface area contributed by atoms with Crippen molar-refractivity contribution in [3.8, 4) is 5.75 Å². The Labute approximate surface area is 201 Å². The summed E-state index contributed by atoms with van der Waals surface area (Å²) >= 11 is 0. The molecule has 0 N–H and O–H groups in total. The van der Waals surface area contributed by atoms with Crippen LogP contribution in [-0.4, -0.2) is 37.0 Å². The van der Waals surface area contributed by atoms with Crippen LogP contribution in [0.25, 0.3) is 0 Å². The van der Waals surface area contributed by atoms with Crippen molar-refractivity contribution in [1.82, 2.24) is 4.90 Å². The minimum atomic E-state index is -4.35. The van der Waals surface area contributed by atoms with Gasteiger partial charge in [-0.1, -0.05) is 24.3 Å². The molecule has 0 aliphatic carbocycles. The lowest BCUT2D eigenvalue weighted by Crippen LogP contribution is -2.47. The Bertz CT molecular complexity index is 1140. The van der Waals surface area contributed by atoms with Crippen LogP contribution >= 0.6 is 0 Å². The highest BCUT2D eigenvalue weighted by Crippen LogP contribution is 2.31. The van der Waals surface area contributed by atoms with Gasteiger partial charge < -0.3 is 9.64 Å². The molecule has 0 aromatic heterocycles. The van der Waals surface area contributed by atoms with Crippen molar-refractivity contribution >= 4 is 11.6 Å². The molecule has 0 spiro atoms. The minimum absolute atomic E-state index is 0.123. The van der Waals surface area contributed by atoms with E-state index in [1.165, 1.54) is 31.4 Å². The number of anilines is 1. The average molecular weight is 487 g/mol. The van der Waals surface area contributed by atoms with Gasteiger partial charge in [0.25, 0.3) is 5.91 Å². The monoisotopic (exact) mass is 486 g/mol. The summed E-state index contributed by atoms with van der Waals surface area (Å²) in [5, 5.41) is 0. The van der Waals surface area contributed by atoms with Gasteiger partial charge in [0.15, 0.2) is 0 Å². The highest BCUT2D eigenvalue weighted by Gasteiger charge is 2.32. The Hall–Kier alpha value is -3.39. The number of likely N-dealkylation sites (tertiary alicyclic amines) is 1. The fourth-order valence-electron chi connectivity index (χ4n) is 4.44. The first-order valence-corrected chi connectivity index (χ1v) is 11.4. The topological polar surface area (TPSA) is 32.8 Å². The zero-order valence-electron chi connectivity index (χ0n) is 19.3. The second-order valence-electron chi connectivity index (χ2n) is 8.55. The molecule has 0 atom stereocenters. The van der Waals surface area contributed by atoms with E-state index in [2.05, 4.69) is 4.90 Å². The van der Waals surface area contributed by atoms with E-state index in [4.69, 9.17) is 4.74 Å². The maximum Gasteiger partial charge on any atom is 0.416 e. The van der Waals surface area contributed by atoms with Gasteiger partial charge >= 0.3 is 6.18 Å². The lowest BCUT2D eigenvalue weighted by Gasteiger charge is -2.39. The van der Waals surface area contributed by atoms with Crippen molar-refractivity contribution in [2.75, 3.05) is 25.1 Å². The van der Waals surface area contributed by atoms with Gasteiger partial charge in [-0.25, -0.2) is 4.39 Å². The molecular formula is C27H26F4N2O2. The maximum absolute atomic E-state index is 13.6. The van der Waals surface area contributed by atoms with Gasteiger partial charge in [-0.3, -0.25) is 9.69 Å². The number of methoxy groups -OCH3 is 1. The number of rotatable bonds is 6. The summed E-state index contributed by atoms with van der Waals surface area (Å²) in [5.74, 6) is -0.149. The van der Waals surface area contributed by atoms with Crippen LogP contribution < -0.4 is 9.64 Å². The van der Waals surface area contributed by atoms with Crippen LogP contribution in [0.15, 0.2) is 72.8 Å². The number of piperidine rings is 1. The summed E-state index contributed by atoms with van der Waals surface area (Å²) in [7, 11) is 1.51. The Morgan fingerprint density at radius 3 is 2.20 bits per heavy atom.